The Labute approximate surface area is 162 Å². The van der Waals surface area contributed by atoms with Crippen LogP contribution in [0.2, 0.25) is 0 Å². The van der Waals surface area contributed by atoms with Gasteiger partial charge in [0.15, 0.2) is 5.96 Å². The van der Waals surface area contributed by atoms with Crippen molar-refractivity contribution in [2.24, 2.45) is 10.7 Å². The molecule has 0 spiro atoms. The lowest BCUT2D eigenvalue weighted by Gasteiger charge is -2.14. The number of halogens is 1. The largest absolute Gasteiger partial charge is 0.370 e. The molecule has 0 bridgehead atoms. The number of carbonyl (C=O) groups is 1. The second kappa shape index (κ2) is 10.5. The van der Waals surface area contributed by atoms with Crippen LogP contribution >= 0.6 is 24.0 Å². The third-order valence-electron chi connectivity index (χ3n) is 4.43. The van der Waals surface area contributed by atoms with Crippen LogP contribution in [0.15, 0.2) is 29.3 Å². The Balaban J connectivity index is 0.00000288. The van der Waals surface area contributed by atoms with Crippen molar-refractivity contribution >= 4 is 41.5 Å². The molecule has 134 valence electrons. The van der Waals surface area contributed by atoms with E-state index >= 15 is 0 Å². The van der Waals surface area contributed by atoms with Gasteiger partial charge in [0.05, 0.1) is 6.54 Å². The zero-order valence-electron chi connectivity index (χ0n) is 14.6. The van der Waals surface area contributed by atoms with Gasteiger partial charge >= 0.3 is 0 Å². The van der Waals surface area contributed by atoms with Gasteiger partial charge in [0.2, 0.25) is 5.91 Å². The molecule has 1 amide bonds. The van der Waals surface area contributed by atoms with Gasteiger partial charge in [0, 0.05) is 25.2 Å². The van der Waals surface area contributed by atoms with Crippen LogP contribution in [0.1, 0.15) is 51.0 Å². The first-order valence-corrected chi connectivity index (χ1v) is 8.54. The van der Waals surface area contributed by atoms with E-state index < -0.39 is 0 Å². The normalized spacial score (nSPS) is 15.8. The zero-order valence-corrected chi connectivity index (χ0v) is 17.0. The molecule has 24 heavy (non-hydrogen) atoms. The minimum atomic E-state index is 0. The molecule has 0 aromatic heterocycles. The van der Waals surface area contributed by atoms with Gasteiger partial charge in [0.25, 0.3) is 0 Å². The number of amides is 1. The van der Waals surface area contributed by atoms with Crippen LogP contribution < -0.4 is 11.1 Å². The molecule has 0 saturated carbocycles. The number of likely N-dealkylation sites (tertiary alicyclic amines) is 1. The van der Waals surface area contributed by atoms with E-state index in [9.17, 15) is 4.79 Å². The van der Waals surface area contributed by atoms with E-state index in [1.807, 2.05) is 17.0 Å². The Morgan fingerprint density at radius 1 is 1.29 bits per heavy atom. The number of rotatable bonds is 6. The Bertz CT molecular complexity index is 538. The van der Waals surface area contributed by atoms with Crippen LogP contribution in [0.5, 0.6) is 0 Å². The van der Waals surface area contributed by atoms with Crippen LogP contribution in [0.25, 0.3) is 0 Å². The van der Waals surface area contributed by atoms with E-state index in [0.717, 1.165) is 38.0 Å². The van der Waals surface area contributed by atoms with E-state index in [0.29, 0.717) is 24.8 Å². The summed E-state index contributed by atoms with van der Waals surface area (Å²) >= 11 is 0. The summed E-state index contributed by atoms with van der Waals surface area (Å²) in [4.78, 5) is 18.1. The average molecular weight is 444 g/mol. The molecule has 1 aliphatic heterocycles. The summed E-state index contributed by atoms with van der Waals surface area (Å²) in [6.07, 6.45) is 3.79. The maximum absolute atomic E-state index is 11.9. The van der Waals surface area contributed by atoms with Gasteiger partial charge in [-0.2, -0.15) is 0 Å². The van der Waals surface area contributed by atoms with E-state index in [1.165, 1.54) is 5.56 Å². The maximum atomic E-state index is 11.9. The number of guanidine groups is 1. The van der Waals surface area contributed by atoms with Gasteiger partial charge in [-0.15, -0.1) is 24.0 Å². The van der Waals surface area contributed by atoms with Crippen LogP contribution in [-0.2, 0) is 4.79 Å². The molecule has 1 heterocycles. The molecule has 3 N–H and O–H groups in total. The number of hydrogen-bond donors (Lipinski definition) is 2. The molecule has 1 saturated heterocycles. The van der Waals surface area contributed by atoms with Crippen molar-refractivity contribution in [3.8, 4) is 0 Å². The maximum Gasteiger partial charge on any atom is 0.224 e. The number of aliphatic imine (C=N–C) groups is 1. The molecule has 0 radical (unpaired) electrons. The van der Waals surface area contributed by atoms with Gasteiger partial charge in [-0.05, 0) is 42.9 Å². The molecule has 1 fully saturated rings. The predicted octanol–water partition coefficient (Wildman–Crippen LogP) is 3.56. The van der Waals surface area contributed by atoms with Crippen molar-refractivity contribution < 1.29 is 4.79 Å². The fourth-order valence-electron chi connectivity index (χ4n) is 2.71. The van der Waals surface area contributed by atoms with Crippen molar-refractivity contribution in [1.82, 2.24) is 4.90 Å². The number of anilines is 1. The van der Waals surface area contributed by atoms with Crippen LogP contribution in [0, 0.1) is 0 Å². The molecule has 0 aliphatic carbocycles. The summed E-state index contributed by atoms with van der Waals surface area (Å²) < 4.78 is 0. The number of benzene rings is 1. The molecule has 6 heteroatoms. The Hall–Kier alpha value is -1.31. The zero-order chi connectivity index (χ0) is 16.7. The fraction of sp³-hybridized carbons (Fsp3) is 0.556. The first-order valence-electron chi connectivity index (χ1n) is 8.54. The highest BCUT2D eigenvalue weighted by molar-refractivity contribution is 14.0. The minimum Gasteiger partial charge on any atom is -0.370 e. The third-order valence-corrected chi connectivity index (χ3v) is 4.43. The van der Waals surface area contributed by atoms with Crippen molar-refractivity contribution in [1.29, 1.82) is 0 Å². The lowest BCUT2D eigenvalue weighted by molar-refractivity contribution is -0.129. The SMILES string of the molecule is CCC(C)c1ccc(NC(N)=NCCC(=O)N2CCCC2)cc1.I. The summed E-state index contributed by atoms with van der Waals surface area (Å²) in [5.74, 6) is 1.10. The van der Waals surface area contributed by atoms with Gasteiger partial charge in [-0.25, -0.2) is 0 Å². The van der Waals surface area contributed by atoms with E-state index in [2.05, 4.69) is 36.3 Å². The highest BCUT2D eigenvalue weighted by Gasteiger charge is 2.16. The molecule has 2 rings (SSSR count). The highest BCUT2D eigenvalue weighted by atomic mass is 127. The first-order chi connectivity index (χ1) is 11.1. The van der Waals surface area contributed by atoms with Gasteiger partial charge in [-0.3, -0.25) is 9.79 Å². The molecule has 1 atom stereocenters. The lowest BCUT2D eigenvalue weighted by Crippen LogP contribution is -2.28. The summed E-state index contributed by atoms with van der Waals surface area (Å²) in [6, 6.07) is 8.25. The molecular formula is C18H29IN4O. The van der Waals surface area contributed by atoms with Crippen molar-refractivity contribution in [2.45, 2.75) is 45.4 Å². The average Bonchev–Trinajstić information content (AvgIpc) is 3.09. The number of nitrogens with zero attached hydrogens (tertiary/aromatic N) is 2. The quantitative estimate of drug-likeness (QED) is 0.401. The lowest BCUT2D eigenvalue weighted by atomic mass is 9.99. The summed E-state index contributed by atoms with van der Waals surface area (Å²) in [5, 5.41) is 3.07. The molecule has 1 aliphatic rings. The fourth-order valence-corrected chi connectivity index (χ4v) is 2.71. The van der Waals surface area contributed by atoms with Crippen molar-refractivity contribution in [3.63, 3.8) is 0 Å². The second-order valence-electron chi connectivity index (χ2n) is 6.16. The minimum absolute atomic E-state index is 0. The van der Waals surface area contributed by atoms with Crippen LogP contribution in [-0.4, -0.2) is 36.4 Å². The Kier molecular flexibility index (Phi) is 9.10. The van der Waals surface area contributed by atoms with Crippen molar-refractivity contribution in [3.05, 3.63) is 29.8 Å². The number of hydrogen-bond acceptors (Lipinski definition) is 2. The molecule has 1 aromatic rings. The van der Waals surface area contributed by atoms with Gasteiger partial charge < -0.3 is 16.0 Å². The molecule has 1 unspecified atom stereocenters. The number of nitrogens with two attached hydrogens (primary N) is 1. The molecular weight excluding hydrogens is 415 g/mol. The summed E-state index contributed by atoms with van der Waals surface area (Å²) in [5.41, 5.74) is 8.13. The molecule has 1 aromatic carbocycles. The summed E-state index contributed by atoms with van der Waals surface area (Å²) in [7, 11) is 0. The van der Waals surface area contributed by atoms with Crippen LogP contribution in [0.4, 0.5) is 5.69 Å². The van der Waals surface area contributed by atoms with E-state index in [4.69, 9.17) is 5.73 Å². The number of carbonyl (C=O) groups excluding carboxylic acids is 1. The topological polar surface area (TPSA) is 70.7 Å². The standard InChI is InChI=1S/C18H28N4O.HI/c1-3-14(2)15-6-8-16(9-7-15)21-18(19)20-11-10-17(23)22-12-4-5-13-22;/h6-9,14H,3-5,10-13H2,1-2H3,(H3,19,20,21);1H. The Morgan fingerprint density at radius 3 is 2.50 bits per heavy atom. The first kappa shape index (κ1) is 20.7. The van der Waals surface area contributed by atoms with Gasteiger partial charge in [0.1, 0.15) is 0 Å². The van der Waals surface area contributed by atoms with Crippen molar-refractivity contribution in [2.75, 3.05) is 25.0 Å². The highest BCUT2D eigenvalue weighted by Crippen LogP contribution is 2.20. The third kappa shape index (κ3) is 6.30. The second-order valence-corrected chi connectivity index (χ2v) is 6.16. The monoisotopic (exact) mass is 444 g/mol. The van der Waals surface area contributed by atoms with Gasteiger partial charge in [-0.1, -0.05) is 26.0 Å². The Morgan fingerprint density at radius 2 is 1.92 bits per heavy atom. The number of nitrogens with one attached hydrogen (secondary N) is 1. The van der Waals surface area contributed by atoms with Crippen LogP contribution in [0.3, 0.4) is 0 Å². The smallest absolute Gasteiger partial charge is 0.224 e. The van der Waals surface area contributed by atoms with E-state index in [1.54, 1.807) is 0 Å². The van der Waals surface area contributed by atoms with E-state index in [-0.39, 0.29) is 29.9 Å². The summed E-state index contributed by atoms with van der Waals surface area (Å²) in [6.45, 7) is 6.61. The predicted molar refractivity (Wildman–Crippen MR) is 111 cm³/mol. The molecule has 5 nitrogen and oxygen atoms in total.